The van der Waals surface area contributed by atoms with E-state index < -0.39 is 23.5 Å². The van der Waals surface area contributed by atoms with Gasteiger partial charge in [-0.1, -0.05) is 27.7 Å². The molecule has 0 unspecified atom stereocenters. The van der Waals surface area contributed by atoms with Crippen LogP contribution in [-0.4, -0.2) is 21.4 Å². The predicted molar refractivity (Wildman–Crippen MR) is 74.5 cm³/mol. The molecule has 0 radical (unpaired) electrons. The quantitative estimate of drug-likeness (QED) is 0.686. The van der Waals surface area contributed by atoms with Gasteiger partial charge in [0.25, 0.3) is 0 Å². The molecule has 0 aliphatic heterocycles. The third-order valence-electron chi connectivity index (χ3n) is 3.21. The van der Waals surface area contributed by atoms with Crippen LogP contribution in [0.5, 0.6) is 0 Å². The van der Waals surface area contributed by atoms with Crippen LogP contribution in [0.3, 0.4) is 0 Å². The van der Waals surface area contributed by atoms with Crippen molar-refractivity contribution in [1.82, 2.24) is 0 Å². The van der Waals surface area contributed by atoms with Gasteiger partial charge in [0.15, 0.2) is 0 Å². The first kappa shape index (κ1) is 21.1. The average molecular weight is 364 g/mol. The van der Waals surface area contributed by atoms with Crippen molar-refractivity contribution in [3.05, 3.63) is 0 Å². The summed E-state index contributed by atoms with van der Waals surface area (Å²) in [6.45, 7) is 7.67. The molecule has 0 aromatic heterocycles. The van der Waals surface area contributed by atoms with Crippen molar-refractivity contribution in [2.75, 3.05) is 0 Å². The van der Waals surface area contributed by atoms with Crippen molar-refractivity contribution >= 4 is 37.2 Å². The van der Waals surface area contributed by atoms with Crippen LogP contribution in [0.2, 0.25) is 0 Å². The fourth-order valence-corrected chi connectivity index (χ4v) is 1.82. The van der Waals surface area contributed by atoms with Crippen LogP contribution in [0.15, 0.2) is 0 Å². The number of halogens is 4. The second-order valence-electron chi connectivity index (χ2n) is 3.91. The van der Waals surface area contributed by atoms with Crippen molar-refractivity contribution in [1.29, 1.82) is 0 Å². The Labute approximate surface area is 123 Å². The maximum absolute atomic E-state index is 10.1. The van der Waals surface area contributed by atoms with E-state index >= 15 is 0 Å². The summed E-state index contributed by atoms with van der Waals surface area (Å²) in [4.78, 5) is 0. The van der Waals surface area contributed by atoms with Crippen LogP contribution in [-0.2, 0) is 12.3 Å². The van der Waals surface area contributed by atoms with Gasteiger partial charge in [0.1, 0.15) is 0 Å². The van der Waals surface area contributed by atoms with E-state index in [0.717, 1.165) is 0 Å². The molecule has 17 heavy (non-hydrogen) atoms. The molecule has 0 atom stereocenters. The van der Waals surface area contributed by atoms with Crippen LogP contribution >= 0.6 is 37.2 Å². The molecule has 0 aliphatic carbocycles. The minimum atomic E-state index is -3.11. The molecule has 0 amide bonds. The fourth-order valence-electron chi connectivity index (χ4n) is 1.82. The van der Waals surface area contributed by atoms with E-state index in [0.29, 0.717) is 25.7 Å². The van der Waals surface area contributed by atoms with Gasteiger partial charge in [0, 0.05) is 0 Å². The molecule has 0 fully saturated rings. The minimum absolute atomic E-state index is 0.613. The first-order valence-corrected chi connectivity index (χ1v) is 14.3. The van der Waals surface area contributed by atoms with Crippen molar-refractivity contribution in [2.45, 2.75) is 64.6 Å². The monoisotopic (exact) mass is 362 g/mol. The Morgan fingerprint density at radius 1 is 0.706 bits per heavy atom. The molecule has 0 rings (SSSR count). The van der Waals surface area contributed by atoms with Crippen molar-refractivity contribution in [3.8, 4) is 0 Å². The molecule has 0 aromatic rings. The topological polar surface area (TPSA) is 40.5 Å². The molecule has 0 bridgehead atoms. The normalized spacial score (nSPS) is 13.1. The Hall–Kier alpha value is 1.79. The Balaban J connectivity index is 0. The summed E-state index contributed by atoms with van der Waals surface area (Å²) in [6, 6.07) is 0. The van der Waals surface area contributed by atoms with E-state index in [-0.39, 0.29) is 0 Å². The number of hydrogen-bond acceptors (Lipinski definition) is 2. The van der Waals surface area contributed by atoms with Gasteiger partial charge in [-0.15, -0.1) is 0 Å². The number of rotatable bonds is 5. The Kier molecular flexibility index (Phi) is 11.0. The van der Waals surface area contributed by atoms with Gasteiger partial charge in [-0.3, -0.25) is 0 Å². The zero-order chi connectivity index (χ0) is 14.3. The molecule has 2 nitrogen and oxygen atoms in total. The molecule has 2 N–H and O–H groups in total. The third-order valence-corrected chi connectivity index (χ3v) is 3.21. The van der Waals surface area contributed by atoms with E-state index in [4.69, 9.17) is 37.2 Å². The molecular formula is C10H22Cl4O2Ti. The molecule has 0 saturated heterocycles. The summed E-state index contributed by atoms with van der Waals surface area (Å²) >= 11 is -3.11. The zero-order valence-electron chi connectivity index (χ0n) is 10.7. The second kappa shape index (κ2) is 8.86. The molecule has 106 valence electrons. The van der Waals surface area contributed by atoms with E-state index in [1.54, 1.807) is 0 Å². The number of hydrogen-bond donors (Lipinski definition) is 2. The van der Waals surface area contributed by atoms with Crippen molar-refractivity contribution < 1.29 is 22.6 Å². The summed E-state index contributed by atoms with van der Waals surface area (Å²) < 4.78 is 0. The molecule has 0 aromatic carbocycles. The van der Waals surface area contributed by atoms with Gasteiger partial charge >= 0.3 is 49.6 Å². The predicted octanol–water partition coefficient (Wildman–Crippen LogP) is 4.84. The van der Waals surface area contributed by atoms with Crippen LogP contribution in [0.4, 0.5) is 0 Å². The third kappa shape index (κ3) is 8.54. The van der Waals surface area contributed by atoms with Gasteiger partial charge in [-0.05, 0) is 25.7 Å². The Morgan fingerprint density at radius 3 is 0.882 bits per heavy atom. The number of aliphatic hydroxyl groups is 2. The van der Waals surface area contributed by atoms with E-state index in [1.807, 2.05) is 27.7 Å². The first-order chi connectivity index (χ1) is 7.49. The van der Waals surface area contributed by atoms with Crippen LogP contribution in [0.25, 0.3) is 0 Å². The van der Waals surface area contributed by atoms with Crippen molar-refractivity contribution in [2.24, 2.45) is 0 Å². The Morgan fingerprint density at radius 2 is 0.824 bits per heavy atom. The zero-order valence-corrected chi connectivity index (χ0v) is 15.3. The summed E-state index contributed by atoms with van der Waals surface area (Å²) in [7, 11) is 20.1. The van der Waals surface area contributed by atoms with E-state index in [2.05, 4.69) is 0 Å². The van der Waals surface area contributed by atoms with Gasteiger partial charge in [0.05, 0.1) is 11.2 Å². The molecular weight excluding hydrogens is 342 g/mol. The summed E-state index contributed by atoms with van der Waals surface area (Å²) in [5, 5.41) is 20.2. The molecule has 0 aliphatic rings. The molecule has 0 heterocycles. The van der Waals surface area contributed by atoms with Crippen LogP contribution in [0.1, 0.15) is 53.4 Å². The molecule has 0 spiro atoms. The van der Waals surface area contributed by atoms with Gasteiger partial charge in [0.2, 0.25) is 0 Å². The van der Waals surface area contributed by atoms with Gasteiger partial charge in [-0.25, -0.2) is 0 Å². The summed E-state index contributed by atoms with van der Waals surface area (Å²) in [5.74, 6) is 0. The summed E-state index contributed by atoms with van der Waals surface area (Å²) in [6.07, 6.45) is 2.45. The second-order valence-corrected chi connectivity index (χ2v) is 19.4. The van der Waals surface area contributed by atoms with Crippen molar-refractivity contribution in [3.63, 3.8) is 0 Å². The Bertz CT molecular complexity index is 179. The van der Waals surface area contributed by atoms with E-state index in [9.17, 15) is 10.2 Å². The maximum atomic E-state index is 10.1. The SMILES string of the molecule is CCC(O)(CC)C(O)(CC)CC.[Cl][Ti]([Cl])([Cl])[Cl]. The first-order valence-electron chi connectivity index (χ1n) is 5.70. The molecule has 0 saturated carbocycles. The van der Waals surface area contributed by atoms with E-state index in [1.165, 1.54) is 0 Å². The standard InChI is InChI=1S/C10H22O2.4ClH.Ti/c1-5-9(11,6-2)10(12,7-3)8-4;;;;;/h11-12H,5-8H2,1-4H3;4*1H;/q;;;;;+4/p-4. The summed E-state index contributed by atoms with van der Waals surface area (Å²) in [5.41, 5.74) is -1.81. The van der Waals surface area contributed by atoms with Gasteiger partial charge in [-0.2, -0.15) is 0 Å². The molecule has 7 heteroatoms. The van der Waals surface area contributed by atoms with Crippen LogP contribution < -0.4 is 0 Å². The average Bonchev–Trinajstić information content (AvgIpc) is 2.24. The van der Waals surface area contributed by atoms with Gasteiger partial charge < -0.3 is 10.2 Å². The van der Waals surface area contributed by atoms with Crippen LogP contribution in [0, 0.1) is 0 Å². The fraction of sp³-hybridized carbons (Fsp3) is 1.00.